The standard InChI is InChI=1S/C18H17N5/c1-3-23-16-10-14(7-8-15(16)21-22-23)18-17(19-11-20-18)13-6-4-5-12(2)9-13/h4-11H,3H2,1-2H3,(H,19,20). The third-order valence-electron chi connectivity index (χ3n) is 4.03. The molecule has 0 unspecified atom stereocenters. The number of aromatic amines is 1. The minimum Gasteiger partial charge on any atom is -0.344 e. The Morgan fingerprint density at radius 2 is 2.00 bits per heavy atom. The molecule has 23 heavy (non-hydrogen) atoms. The van der Waals surface area contributed by atoms with E-state index in [0.717, 1.165) is 40.1 Å². The van der Waals surface area contributed by atoms with Crippen LogP contribution in [0.3, 0.4) is 0 Å². The highest BCUT2D eigenvalue weighted by atomic mass is 15.4. The van der Waals surface area contributed by atoms with Gasteiger partial charge in [-0.2, -0.15) is 0 Å². The van der Waals surface area contributed by atoms with E-state index < -0.39 is 0 Å². The number of hydrogen-bond donors (Lipinski definition) is 1. The fourth-order valence-corrected chi connectivity index (χ4v) is 2.88. The van der Waals surface area contributed by atoms with Crippen LogP contribution in [0.2, 0.25) is 0 Å². The van der Waals surface area contributed by atoms with E-state index in [1.807, 2.05) is 10.7 Å². The third-order valence-corrected chi connectivity index (χ3v) is 4.03. The smallest absolute Gasteiger partial charge is 0.113 e. The average Bonchev–Trinajstić information content (AvgIpc) is 3.21. The summed E-state index contributed by atoms with van der Waals surface area (Å²) in [5.74, 6) is 0. The van der Waals surface area contributed by atoms with Crippen molar-refractivity contribution in [3.05, 3.63) is 54.4 Å². The van der Waals surface area contributed by atoms with Crippen molar-refractivity contribution in [2.24, 2.45) is 0 Å². The Balaban J connectivity index is 1.87. The molecule has 0 amide bonds. The monoisotopic (exact) mass is 303 g/mol. The van der Waals surface area contributed by atoms with Crippen LogP contribution in [-0.4, -0.2) is 25.0 Å². The molecule has 0 aliphatic rings. The van der Waals surface area contributed by atoms with Crippen LogP contribution in [0.1, 0.15) is 12.5 Å². The Morgan fingerprint density at radius 1 is 1.09 bits per heavy atom. The molecule has 0 aliphatic heterocycles. The van der Waals surface area contributed by atoms with E-state index in [0.29, 0.717) is 0 Å². The van der Waals surface area contributed by atoms with Crippen LogP contribution in [0.15, 0.2) is 48.8 Å². The highest BCUT2D eigenvalue weighted by Crippen LogP contribution is 2.30. The topological polar surface area (TPSA) is 59.4 Å². The van der Waals surface area contributed by atoms with Crippen molar-refractivity contribution in [2.75, 3.05) is 0 Å². The fraction of sp³-hybridized carbons (Fsp3) is 0.167. The van der Waals surface area contributed by atoms with Crippen molar-refractivity contribution >= 4 is 11.0 Å². The second kappa shape index (κ2) is 5.35. The number of aryl methyl sites for hydroxylation is 2. The number of benzene rings is 2. The van der Waals surface area contributed by atoms with Crippen LogP contribution >= 0.6 is 0 Å². The summed E-state index contributed by atoms with van der Waals surface area (Å²) < 4.78 is 1.90. The minimum atomic E-state index is 0.799. The van der Waals surface area contributed by atoms with E-state index in [4.69, 9.17) is 0 Å². The number of nitrogens with one attached hydrogen (secondary N) is 1. The zero-order valence-electron chi connectivity index (χ0n) is 13.1. The number of rotatable bonds is 3. The van der Waals surface area contributed by atoms with Crippen molar-refractivity contribution in [2.45, 2.75) is 20.4 Å². The van der Waals surface area contributed by atoms with Gasteiger partial charge in [0.25, 0.3) is 0 Å². The summed E-state index contributed by atoms with van der Waals surface area (Å²) in [5.41, 5.74) is 7.35. The Bertz CT molecular complexity index is 980. The average molecular weight is 303 g/mol. The largest absolute Gasteiger partial charge is 0.344 e. The quantitative estimate of drug-likeness (QED) is 0.626. The molecule has 0 saturated heterocycles. The van der Waals surface area contributed by atoms with Gasteiger partial charge in [-0.3, -0.25) is 0 Å². The Hall–Kier alpha value is -2.95. The molecule has 5 heteroatoms. The van der Waals surface area contributed by atoms with E-state index in [-0.39, 0.29) is 0 Å². The molecule has 0 atom stereocenters. The van der Waals surface area contributed by atoms with Gasteiger partial charge in [-0.25, -0.2) is 9.67 Å². The number of H-pyrrole nitrogens is 1. The highest BCUT2D eigenvalue weighted by molar-refractivity contribution is 5.85. The molecular weight excluding hydrogens is 286 g/mol. The molecule has 0 fully saturated rings. The summed E-state index contributed by atoms with van der Waals surface area (Å²) >= 11 is 0. The van der Waals surface area contributed by atoms with Gasteiger partial charge in [0.1, 0.15) is 5.52 Å². The molecule has 114 valence electrons. The summed E-state index contributed by atoms with van der Waals surface area (Å²) in [7, 11) is 0. The summed E-state index contributed by atoms with van der Waals surface area (Å²) in [6.45, 7) is 4.95. The van der Waals surface area contributed by atoms with Crippen LogP contribution in [0.5, 0.6) is 0 Å². The van der Waals surface area contributed by atoms with Gasteiger partial charge >= 0.3 is 0 Å². The molecule has 2 aromatic carbocycles. The van der Waals surface area contributed by atoms with Crippen molar-refractivity contribution < 1.29 is 0 Å². The lowest BCUT2D eigenvalue weighted by molar-refractivity contribution is 0.646. The molecule has 0 saturated carbocycles. The molecule has 2 aromatic heterocycles. The molecule has 0 spiro atoms. The van der Waals surface area contributed by atoms with E-state index in [1.54, 1.807) is 6.33 Å². The molecule has 5 nitrogen and oxygen atoms in total. The van der Waals surface area contributed by atoms with E-state index in [1.165, 1.54) is 5.56 Å². The van der Waals surface area contributed by atoms with Gasteiger partial charge in [0, 0.05) is 17.7 Å². The Labute approximate surface area is 134 Å². The molecule has 2 heterocycles. The highest BCUT2D eigenvalue weighted by Gasteiger charge is 2.12. The van der Waals surface area contributed by atoms with Gasteiger partial charge in [0.05, 0.1) is 23.2 Å². The summed E-state index contributed by atoms with van der Waals surface area (Å²) in [5, 5.41) is 8.36. The van der Waals surface area contributed by atoms with Crippen molar-refractivity contribution in [3.63, 3.8) is 0 Å². The first-order chi connectivity index (χ1) is 11.3. The van der Waals surface area contributed by atoms with Gasteiger partial charge in [-0.05, 0) is 32.0 Å². The van der Waals surface area contributed by atoms with E-state index in [2.05, 4.69) is 70.5 Å². The first-order valence-corrected chi connectivity index (χ1v) is 7.70. The summed E-state index contributed by atoms with van der Waals surface area (Å²) in [6, 6.07) is 14.6. The first kappa shape index (κ1) is 13.7. The fourth-order valence-electron chi connectivity index (χ4n) is 2.88. The lowest BCUT2D eigenvalue weighted by Crippen LogP contribution is -1.96. The van der Waals surface area contributed by atoms with Crippen LogP contribution < -0.4 is 0 Å². The number of aromatic nitrogens is 5. The third kappa shape index (κ3) is 2.30. The summed E-state index contributed by atoms with van der Waals surface area (Å²) in [4.78, 5) is 7.79. The van der Waals surface area contributed by atoms with Gasteiger partial charge < -0.3 is 4.98 Å². The Morgan fingerprint density at radius 3 is 2.83 bits per heavy atom. The molecule has 1 N–H and O–H groups in total. The van der Waals surface area contributed by atoms with Crippen LogP contribution in [0.25, 0.3) is 33.5 Å². The molecule has 4 aromatic rings. The van der Waals surface area contributed by atoms with Crippen molar-refractivity contribution in [3.8, 4) is 22.5 Å². The predicted molar refractivity (Wildman–Crippen MR) is 91.0 cm³/mol. The second-order valence-corrected chi connectivity index (χ2v) is 5.60. The second-order valence-electron chi connectivity index (χ2n) is 5.60. The van der Waals surface area contributed by atoms with Gasteiger partial charge in [-0.1, -0.05) is 35.0 Å². The molecule has 0 radical (unpaired) electrons. The number of nitrogens with zero attached hydrogens (tertiary/aromatic N) is 4. The summed E-state index contributed by atoms with van der Waals surface area (Å²) in [6.07, 6.45) is 1.74. The van der Waals surface area contributed by atoms with Gasteiger partial charge in [-0.15, -0.1) is 5.10 Å². The van der Waals surface area contributed by atoms with E-state index in [9.17, 15) is 0 Å². The van der Waals surface area contributed by atoms with Crippen molar-refractivity contribution in [1.82, 2.24) is 25.0 Å². The molecule has 4 rings (SSSR count). The maximum atomic E-state index is 4.52. The maximum Gasteiger partial charge on any atom is 0.113 e. The SMILES string of the molecule is CCn1nnc2ccc(-c3[nH]cnc3-c3cccc(C)c3)cc21. The van der Waals surface area contributed by atoms with Crippen LogP contribution in [-0.2, 0) is 6.54 Å². The molecule has 0 aliphatic carbocycles. The Kier molecular flexibility index (Phi) is 3.19. The number of hydrogen-bond acceptors (Lipinski definition) is 3. The zero-order valence-corrected chi connectivity index (χ0v) is 13.1. The number of fused-ring (bicyclic) bond motifs is 1. The van der Waals surface area contributed by atoms with Crippen LogP contribution in [0.4, 0.5) is 0 Å². The maximum absolute atomic E-state index is 4.52. The zero-order chi connectivity index (χ0) is 15.8. The minimum absolute atomic E-state index is 0.799. The molecular formula is C18H17N5. The van der Waals surface area contributed by atoms with E-state index >= 15 is 0 Å². The lowest BCUT2D eigenvalue weighted by Gasteiger charge is -2.05. The van der Waals surface area contributed by atoms with Gasteiger partial charge in [0.15, 0.2) is 0 Å². The lowest BCUT2D eigenvalue weighted by atomic mass is 10.0. The van der Waals surface area contributed by atoms with Gasteiger partial charge in [0.2, 0.25) is 0 Å². The normalized spacial score (nSPS) is 11.2. The number of imidazole rings is 1. The van der Waals surface area contributed by atoms with Crippen LogP contribution in [0, 0.1) is 6.92 Å². The first-order valence-electron chi connectivity index (χ1n) is 7.70. The molecule has 0 bridgehead atoms. The van der Waals surface area contributed by atoms with Crippen molar-refractivity contribution in [1.29, 1.82) is 0 Å². The predicted octanol–water partition coefficient (Wildman–Crippen LogP) is 3.82.